The first-order valence-electron chi connectivity index (χ1n) is 7.14. The Morgan fingerprint density at radius 1 is 1.44 bits per heavy atom. The van der Waals surface area contributed by atoms with Crippen LogP contribution in [0.15, 0.2) is 18.3 Å². The van der Waals surface area contributed by atoms with Gasteiger partial charge in [0.15, 0.2) is 0 Å². The molecule has 1 N–H and O–H groups in total. The molecular formula is C15H25N3. The minimum absolute atomic E-state index is 0.579. The van der Waals surface area contributed by atoms with Crippen molar-refractivity contribution in [3.8, 4) is 0 Å². The largest absolute Gasteiger partial charge is 0.370 e. The van der Waals surface area contributed by atoms with Gasteiger partial charge in [-0.15, -0.1) is 0 Å². The Morgan fingerprint density at radius 3 is 2.89 bits per heavy atom. The van der Waals surface area contributed by atoms with Crippen LogP contribution in [0.1, 0.15) is 45.2 Å². The average Bonchev–Trinajstić information content (AvgIpc) is 2.78. The molecule has 0 radical (unpaired) electrons. The van der Waals surface area contributed by atoms with Gasteiger partial charge in [-0.2, -0.15) is 0 Å². The van der Waals surface area contributed by atoms with Crippen LogP contribution in [0.25, 0.3) is 0 Å². The van der Waals surface area contributed by atoms with E-state index in [0.29, 0.717) is 6.04 Å². The normalized spacial score (nSPS) is 20.6. The summed E-state index contributed by atoms with van der Waals surface area (Å²) in [4.78, 5) is 7.09. The highest BCUT2D eigenvalue weighted by Crippen LogP contribution is 2.32. The number of hydrogen-bond donors (Lipinski definition) is 1. The SMILES string of the molecule is CCNc1ccc([C@@H]2CCCN2CC(C)C)cn1. The van der Waals surface area contributed by atoms with Crippen LogP contribution < -0.4 is 5.32 Å². The number of rotatable bonds is 5. The molecule has 1 aromatic rings. The summed E-state index contributed by atoms with van der Waals surface area (Å²) in [6.07, 6.45) is 4.63. The van der Waals surface area contributed by atoms with Gasteiger partial charge >= 0.3 is 0 Å². The average molecular weight is 247 g/mol. The molecular weight excluding hydrogens is 222 g/mol. The first kappa shape index (κ1) is 13.3. The summed E-state index contributed by atoms with van der Waals surface area (Å²) in [5, 5.41) is 3.24. The summed E-state index contributed by atoms with van der Waals surface area (Å²) >= 11 is 0. The maximum atomic E-state index is 4.49. The Labute approximate surface area is 111 Å². The monoisotopic (exact) mass is 247 g/mol. The van der Waals surface area contributed by atoms with Gasteiger partial charge in [0.05, 0.1) is 0 Å². The van der Waals surface area contributed by atoms with E-state index in [1.54, 1.807) is 0 Å². The van der Waals surface area contributed by atoms with E-state index in [4.69, 9.17) is 0 Å². The van der Waals surface area contributed by atoms with Gasteiger partial charge in [0.2, 0.25) is 0 Å². The summed E-state index contributed by atoms with van der Waals surface area (Å²) in [7, 11) is 0. The zero-order valence-corrected chi connectivity index (χ0v) is 11.8. The zero-order chi connectivity index (χ0) is 13.0. The highest BCUT2D eigenvalue weighted by atomic mass is 15.2. The van der Waals surface area contributed by atoms with Crippen LogP contribution in [0.5, 0.6) is 0 Å². The standard InChI is InChI=1S/C15H25N3/c1-4-16-15-8-7-13(10-17-15)14-6-5-9-18(14)11-12(2)3/h7-8,10,12,14H,4-6,9,11H2,1-3H3,(H,16,17)/t14-/m0/s1. The molecule has 0 aromatic carbocycles. The Morgan fingerprint density at radius 2 is 2.28 bits per heavy atom. The van der Waals surface area contributed by atoms with Crippen molar-refractivity contribution < 1.29 is 0 Å². The lowest BCUT2D eigenvalue weighted by Gasteiger charge is -2.26. The molecule has 1 saturated heterocycles. The second-order valence-corrected chi connectivity index (χ2v) is 5.55. The summed E-state index contributed by atoms with van der Waals surface area (Å²) < 4.78 is 0. The topological polar surface area (TPSA) is 28.2 Å². The van der Waals surface area contributed by atoms with Crippen LogP contribution in [-0.4, -0.2) is 29.5 Å². The number of nitrogens with zero attached hydrogens (tertiary/aromatic N) is 2. The highest BCUT2D eigenvalue weighted by Gasteiger charge is 2.26. The van der Waals surface area contributed by atoms with Gasteiger partial charge < -0.3 is 5.32 Å². The van der Waals surface area contributed by atoms with Gasteiger partial charge in [0.1, 0.15) is 5.82 Å². The van der Waals surface area contributed by atoms with Crippen molar-refractivity contribution in [2.45, 2.75) is 39.7 Å². The highest BCUT2D eigenvalue weighted by molar-refractivity contribution is 5.36. The van der Waals surface area contributed by atoms with Crippen molar-refractivity contribution in [2.75, 3.05) is 25.0 Å². The van der Waals surface area contributed by atoms with Crippen LogP contribution in [-0.2, 0) is 0 Å². The van der Waals surface area contributed by atoms with E-state index in [1.807, 2.05) is 6.20 Å². The molecule has 0 unspecified atom stereocenters. The van der Waals surface area contributed by atoms with E-state index < -0.39 is 0 Å². The van der Waals surface area contributed by atoms with E-state index >= 15 is 0 Å². The maximum Gasteiger partial charge on any atom is 0.125 e. The molecule has 0 amide bonds. The summed E-state index contributed by atoms with van der Waals surface area (Å²) in [6, 6.07) is 4.91. The quantitative estimate of drug-likeness (QED) is 0.865. The van der Waals surface area contributed by atoms with Gasteiger partial charge in [-0.05, 0) is 43.9 Å². The fourth-order valence-corrected chi connectivity index (χ4v) is 2.78. The fraction of sp³-hybridized carbons (Fsp3) is 0.667. The lowest BCUT2D eigenvalue weighted by atomic mass is 10.1. The van der Waals surface area contributed by atoms with Crippen LogP contribution in [0.2, 0.25) is 0 Å². The fourth-order valence-electron chi connectivity index (χ4n) is 2.78. The Hall–Kier alpha value is -1.09. The molecule has 3 heteroatoms. The number of pyridine rings is 1. The molecule has 0 aliphatic carbocycles. The summed E-state index contributed by atoms with van der Waals surface area (Å²) in [5.41, 5.74) is 1.37. The van der Waals surface area contributed by atoms with Crippen molar-refractivity contribution >= 4 is 5.82 Å². The second-order valence-electron chi connectivity index (χ2n) is 5.55. The smallest absolute Gasteiger partial charge is 0.125 e. The lowest BCUT2D eigenvalue weighted by molar-refractivity contribution is 0.228. The molecule has 2 rings (SSSR count). The first-order chi connectivity index (χ1) is 8.70. The molecule has 1 atom stereocenters. The number of likely N-dealkylation sites (tertiary alicyclic amines) is 1. The van der Waals surface area contributed by atoms with Crippen molar-refractivity contribution in [3.63, 3.8) is 0 Å². The van der Waals surface area contributed by atoms with Crippen molar-refractivity contribution in [1.29, 1.82) is 0 Å². The van der Waals surface area contributed by atoms with Gasteiger partial charge in [0.25, 0.3) is 0 Å². The van der Waals surface area contributed by atoms with Gasteiger partial charge in [-0.3, -0.25) is 4.90 Å². The van der Waals surface area contributed by atoms with E-state index in [1.165, 1.54) is 31.5 Å². The van der Waals surface area contributed by atoms with E-state index in [9.17, 15) is 0 Å². The predicted octanol–water partition coefficient (Wildman–Crippen LogP) is 3.31. The molecule has 0 spiro atoms. The van der Waals surface area contributed by atoms with E-state index in [2.05, 4.69) is 48.1 Å². The Kier molecular flexibility index (Phi) is 4.59. The zero-order valence-electron chi connectivity index (χ0n) is 11.8. The van der Waals surface area contributed by atoms with Gasteiger partial charge in [-0.25, -0.2) is 4.98 Å². The van der Waals surface area contributed by atoms with Gasteiger partial charge in [-0.1, -0.05) is 19.9 Å². The molecule has 1 aliphatic heterocycles. The minimum atomic E-state index is 0.579. The molecule has 18 heavy (non-hydrogen) atoms. The predicted molar refractivity (Wildman–Crippen MR) is 76.8 cm³/mol. The molecule has 3 nitrogen and oxygen atoms in total. The van der Waals surface area contributed by atoms with Crippen LogP contribution in [0, 0.1) is 5.92 Å². The van der Waals surface area contributed by atoms with Crippen LogP contribution >= 0.6 is 0 Å². The number of anilines is 1. The third-order valence-electron chi connectivity index (χ3n) is 3.49. The minimum Gasteiger partial charge on any atom is -0.370 e. The molecule has 1 aliphatic rings. The Bertz CT molecular complexity index is 359. The third kappa shape index (κ3) is 3.22. The van der Waals surface area contributed by atoms with E-state index in [-0.39, 0.29) is 0 Å². The van der Waals surface area contributed by atoms with Crippen LogP contribution in [0.4, 0.5) is 5.82 Å². The van der Waals surface area contributed by atoms with E-state index in [0.717, 1.165) is 18.3 Å². The number of nitrogens with one attached hydrogen (secondary N) is 1. The summed E-state index contributed by atoms with van der Waals surface area (Å²) in [5.74, 6) is 1.72. The first-order valence-corrected chi connectivity index (χ1v) is 7.14. The second kappa shape index (κ2) is 6.19. The van der Waals surface area contributed by atoms with Gasteiger partial charge in [0, 0.05) is 25.3 Å². The lowest BCUT2D eigenvalue weighted by Crippen LogP contribution is -2.27. The van der Waals surface area contributed by atoms with Crippen molar-refractivity contribution in [2.24, 2.45) is 5.92 Å². The number of aromatic nitrogens is 1. The molecule has 2 heterocycles. The van der Waals surface area contributed by atoms with Crippen molar-refractivity contribution in [3.05, 3.63) is 23.9 Å². The summed E-state index contributed by atoms with van der Waals surface area (Å²) in [6.45, 7) is 10.0. The third-order valence-corrected chi connectivity index (χ3v) is 3.49. The van der Waals surface area contributed by atoms with Crippen molar-refractivity contribution in [1.82, 2.24) is 9.88 Å². The molecule has 100 valence electrons. The maximum absolute atomic E-state index is 4.49. The number of hydrogen-bond acceptors (Lipinski definition) is 3. The van der Waals surface area contributed by atoms with Crippen LogP contribution in [0.3, 0.4) is 0 Å². The molecule has 0 bridgehead atoms. The molecule has 0 saturated carbocycles. The molecule has 1 aromatic heterocycles. The Balaban J connectivity index is 2.05. The molecule has 1 fully saturated rings.